The first-order valence-corrected chi connectivity index (χ1v) is 13.4. The third kappa shape index (κ3) is 5.64. The van der Waals surface area contributed by atoms with Gasteiger partial charge in [-0.05, 0) is 60.0 Å². The van der Waals surface area contributed by atoms with E-state index in [2.05, 4.69) is 5.32 Å². The normalized spacial score (nSPS) is 13.1. The van der Waals surface area contributed by atoms with Gasteiger partial charge in [-0.15, -0.1) is 0 Å². The molecule has 1 aliphatic heterocycles. The van der Waals surface area contributed by atoms with E-state index in [0.717, 1.165) is 16.0 Å². The van der Waals surface area contributed by atoms with Gasteiger partial charge in [0.1, 0.15) is 10.7 Å². The molecular formula is C32H25Cl2N3O3. The summed E-state index contributed by atoms with van der Waals surface area (Å²) in [5.74, 6) is -1.35. The van der Waals surface area contributed by atoms with Gasteiger partial charge in [-0.3, -0.25) is 14.4 Å². The highest BCUT2D eigenvalue weighted by atomic mass is 35.5. The summed E-state index contributed by atoms with van der Waals surface area (Å²) in [6.07, 6.45) is 0. The summed E-state index contributed by atoms with van der Waals surface area (Å²) in [6, 6.07) is 31.4. The van der Waals surface area contributed by atoms with Crippen LogP contribution in [0.1, 0.15) is 27.0 Å². The van der Waals surface area contributed by atoms with Gasteiger partial charge in [-0.1, -0.05) is 89.9 Å². The Morgan fingerprint density at radius 2 is 1.32 bits per heavy atom. The van der Waals surface area contributed by atoms with Gasteiger partial charge < -0.3 is 10.2 Å². The molecule has 4 aromatic carbocycles. The van der Waals surface area contributed by atoms with Gasteiger partial charge in [0.25, 0.3) is 17.7 Å². The Morgan fingerprint density at radius 3 is 1.90 bits per heavy atom. The fourth-order valence-electron chi connectivity index (χ4n) is 4.50. The van der Waals surface area contributed by atoms with E-state index in [1.807, 2.05) is 60.7 Å². The summed E-state index contributed by atoms with van der Waals surface area (Å²) >= 11 is 12.5. The predicted octanol–water partition coefficient (Wildman–Crippen LogP) is 6.93. The number of amides is 3. The molecule has 0 aromatic heterocycles. The molecule has 0 bridgehead atoms. The lowest BCUT2D eigenvalue weighted by Crippen LogP contribution is -2.32. The second kappa shape index (κ2) is 11.8. The number of nitrogens with zero attached hydrogens (tertiary/aromatic N) is 2. The van der Waals surface area contributed by atoms with E-state index in [-0.39, 0.29) is 16.6 Å². The van der Waals surface area contributed by atoms with Crippen LogP contribution in [0.2, 0.25) is 5.02 Å². The van der Waals surface area contributed by atoms with E-state index in [0.29, 0.717) is 40.6 Å². The van der Waals surface area contributed by atoms with Crippen LogP contribution in [0.3, 0.4) is 0 Å². The molecule has 200 valence electrons. The van der Waals surface area contributed by atoms with Crippen LogP contribution in [0, 0.1) is 6.92 Å². The predicted molar refractivity (Wildman–Crippen MR) is 158 cm³/mol. The zero-order valence-corrected chi connectivity index (χ0v) is 23.1. The molecule has 0 saturated heterocycles. The molecule has 40 heavy (non-hydrogen) atoms. The number of anilines is 2. The van der Waals surface area contributed by atoms with Crippen molar-refractivity contribution in [2.75, 3.05) is 10.2 Å². The van der Waals surface area contributed by atoms with Crippen LogP contribution in [0.25, 0.3) is 0 Å². The van der Waals surface area contributed by atoms with Crippen LogP contribution in [0.15, 0.2) is 114 Å². The molecule has 0 unspecified atom stereocenters. The van der Waals surface area contributed by atoms with E-state index in [9.17, 15) is 14.4 Å². The number of carbonyl (C=O) groups excluding carboxylic acids is 3. The van der Waals surface area contributed by atoms with E-state index < -0.39 is 11.8 Å². The largest absolute Gasteiger partial charge is 0.350 e. The lowest BCUT2D eigenvalue weighted by Gasteiger charge is -2.23. The second-order valence-corrected chi connectivity index (χ2v) is 10.1. The zero-order valence-electron chi connectivity index (χ0n) is 21.6. The highest BCUT2D eigenvalue weighted by molar-refractivity contribution is 6.53. The van der Waals surface area contributed by atoms with Crippen LogP contribution in [0.4, 0.5) is 11.4 Å². The van der Waals surface area contributed by atoms with Crippen molar-refractivity contribution in [2.45, 2.75) is 20.0 Å². The maximum absolute atomic E-state index is 13.6. The SMILES string of the molecule is Cc1c(Cl)cccc1N1C(=O)C(Cl)=C(Nc2ccc(C(=O)N(Cc3ccccc3)Cc3ccccc3)cc2)C1=O. The number of nitrogens with one attached hydrogen (secondary N) is 1. The minimum atomic E-state index is -0.635. The van der Waals surface area contributed by atoms with Crippen molar-refractivity contribution in [1.82, 2.24) is 4.90 Å². The zero-order chi connectivity index (χ0) is 28.2. The van der Waals surface area contributed by atoms with Crippen molar-refractivity contribution in [3.63, 3.8) is 0 Å². The average molecular weight is 570 g/mol. The molecule has 1 aliphatic rings. The Labute approximate surface area is 242 Å². The molecule has 8 heteroatoms. The van der Waals surface area contributed by atoms with Gasteiger partial charge in [0, 0.05) is 29.4 Å². The van der Waals surface area contributed by atoms with E-state index in [1.165, 1.54) is 0 Å². The van der Waals surface area contributed by atoms with Gasteiger partial charge in [0.2, 0.25) is 0 Å². The third-order valence-corrected chi connectivity index (χ3v) is 7.39. The van der Waals surface area contributed by atoms with Crippen LogP contribution in [0.5, 0.6) is 0 Å². The van der Waals surface area contributed by atoms with Crippen molar-refractivity contribution in [3.8, 4) is 0 Å². The Bertz CT molecular complexity index is 1560. The number of rotatable bonds is 8. The van der Waals surface area contributed by atoms with Gasteiger partial charge in [0.05, 0.1) is 5.69 Å². The molecule has 0 radical (unpaired) electrons. The third-order valence-electron chi connectivity index (χ3n) is 6.63. The Balaban J connectivity index is 1.34. The first-order valence-electron chi connectivity index (χ1n) is 12.6. The lowest BCUT2D eigenvalue weighted by molar-refractivity contribution is -0.120. The fraction of sp³-hybridized carbons (Fsp3) is 0.0938. The molecule has 1 heterocycles. The van der Waals surface area contributed by atoms with Crippen LogP contribution >= 0.6 is 23.2 Å². The molecule has 1 N–H and O–H groups in total. The molecule has 0 spiro atoms. The molecular weight excluding hydrogens is 545 g/mol. The van der Waals surface area contributed by atoms with Gasteiger partial charge in [-0.2, -0.15) is 0 Å². The van der Waals surface area contributed by atoms with E-state index in [1.54, 1.807) is 54.3 Å². The number of carbonyl (C=O) groups is 3. The number of hydrogen-bond acceptors (Lipinski definition) is 4. The molecule has 0 saturated carbocycles. The minimum absolute atomic E-state index is 0.0418. The summed E-state index contributed by atoms with van der Waals surface area (Å²) in [5.41, 5.74) is 3.96. The maximum atomic E-state index is 13.6. The molecule has 4 aromatic rings. The van der Waals surface area contributed by atoms with Crippen LogP contribution in [-0.4, -0.2) is 22.6 Å². The van der Waals surface area contributed by atoms with Crippen molar-refractivity contribution >= 4 is 52.3 Å². The molecule has 0 aliphatic carbocycles. The molecule has 5 rings (SSSR count). The first-order chi connectivity index (χ1) is 19.3. The molecule has 0 atom stereocenters. The molecule has 6 nitrogen and oxygen atoms in total. The number of halogens is 2. The summed E-state index contributed by atoms with van der Waals surface area (Å²) in [6.45, 7) is 2.63. The summed E-state index contributed by atoms with van der Waals surface area (Å²) in [7, 11) is 0. The lowest BCUT2D eigenvalue weighted by atomic mass is 10.1. The second-order valence-electron chi connectivity index (χ2n) is 9.35. The van der Waals surface area contributed by atoms with Crippen LogP contribution < -0.4 is 10.2 Å². The van der Waals surface area contributed by atoms with Crippen molar-refractivity contribution < 1.29 is 14.4 Å². The number of hydrogen-bond donors (Lipinski definition) is 1. The van der Waals surface area contributed by atoms with Gasteiger partial charge in [-0.25, -0.2) is 4.90 Å². The quantitative estimate of drug-likeness (QED) is 0.234. The van der Waals surface area contributed by atoms with Gasteiger partial charge >= 0.3 is 0 Å². The Morgan fingerprint density at radius 1 is 0.750 bits per heavy atom. The molecule has 3 amide bonds. The monoisotopic (exact) mass is 569 g/mol. The van der Waals surface area contributed by atoms with E-state index in [4.69, 9.17) is 23.2 Å². The Hall–Kier alpha value is -4.39. The first kappa shape index (κ1) is 27.2. The Kier molecular flexibility index (Phi) is 8.01. The number of benzene rings is 4. The summed E-state index contributed by atoms with van der Waals surface area (Å²) in [4.78, 5) is 42.5. The van der Waals surface area contributed by atoms with Crippen molar-refractivity contribution in [3.05, 3.63) is 141 Å². The maximum Gasteiger partial charge on any atom is 0.283 e. The summed E-state index contributed by atoms with van der Waals surface area (Å²) < 4.78 is 0. The van der Waals surface area contributed by atoms with Crippen molar-refractivity contribution in [1.29, 1.82) is 0 Å². The molecule has 0 fully saturated rings. The number of imide groups is 1. The fourth-order valence-corrected chi connectivity index (χ4v) is 4.88. The highest BCUT2D eigenvalue weighted by Gasteiger charge is 2.39. The van der Waals surface area contributed by atoms with Crippen molar-refractivity contribution in [2.24, 2.45) is 0 Å². The topological polar surface area (TPSA) is 69.7 Å². The minimum Gasteiger partial charge on any atom is -0.350 e. The van der Waals surface area contributed by atoms with E-state index >= 15 is 0 Å². The highest BCUT2D eigenvalue weighted by Crippen LogP contribution is 2.34. The standard InChI is InChI=1S/C32H25Cl2N3O3/c1-21-26(33)13-8-14-27(21)37-31(39)28(34)29(32(37)40)35-25-17-15-24(16-18-25)30(38)36(19-22-9-4-2-5-10-22)20-23-11-6-3-7-12-23/h2-18,35H,19-20H2,1H3. The smallest absolute Gasteiger partial charge is 0.283 e. The average Bonchev–Trinajstić information content (AvgIpc) is 3.18. The summed E-state index contributed by atoms with van der Waals surface area (Å²) in [5, 5.41) is 3.17. The van der Waals surface area contributed by atoms with Gasteiger partial charge in [0.15, 0.2) is 0 Å². The van der Waals surface area contributed by atoms with Crippen LogP contribution in [-0.2, 0) is 22.7 Å².